The van der Waals surface area contributed by atoms with Crippen LogP contribution in [0.3, 0.4) is 0 Å². The number of carbonyl (C=O) groups excluding carboxylic acids is 1. The standard InChI is InChI=1S/C20H22N4O5S2/c1-28-15-5-3-14(4-6-15)13-19-23-24-20(30-19)22-18(25)11-12-21-31(26,27)17-9-7-16(29-2)8-10-17/h3-10,21H,11-13H2,1-2H3,(H,22,24,25). The summed E-state index contributed by atoms with van der Waals surface area (Å²) in [4.78, 5) is 12.2. The third-order valence-electron chi connectivity index (χ3n) is 4.24. The van der Waals surface area contributed by atoms with Crippen molar-refractivity contribution in [3.05, 3.63) is 59.1 Å². The Morgan fingerprint density at radius 1 is 0.968 bits per heavy atom. The maximum absolute atomic E-state index is 12.3. The molecule has 0 fully saturated rings. The Labute approximate surface area is 184 Å². The first-order valence-electron chi connectivity index (χ1n) is 9.28. The summed E-state index contributed by atoms with van der Waals surface area (Å²) in [6.07, 6.45) is 0.544. The van der Waals surface area contributed by atoms with Gasteiger partial charge in [0.15, 0.2) is 0 Å². The zero-order valence-electron chi connectivity index (χ0n) is 17.0. The number of carbonyl (C=O) groups is 1. The fourth-order valence-corrected chi connectivity index (χ4v) is 4.43. The number of methoxy groups -OCH3 is 2. The van der Waals surface area contributed by atoms with E-state index in [0.717, 1.165) is 16.3 Å². The second-order valence-electron chi connectivity index (χ2n) is 6.40. The lowest BCUT2D eigenvalue weighted by molar-refractivity contribution is -0.116. The molecular weight excluding hydrogens is 440 g/mol. The highest BCUT2D eigenvalue weighted by atomic mass is 32.2. The Hall–Kier alpha value is -3.02. The molecule has 3 aromatic rings. The number of hydrogen-bond acceptors (Lipinski definition) is 8. The van der Waals surface area contributed by atoms with Gasteiger partial charge in [0, 0.05) is 19.4 Å². The number of aromatic nitrogens is 2. The minimum Gasteiger partial charge on any atom is -0.497 e. The number of amides is 1. The molecule has 0 aliphatic heterocycles. The highest BCUT2D eigenvalue weighted by Gasteiger charge is 2.15. The van der Waals surface area contributed by atoms with Crippen LogP contribution in [0.25, 0.3) is 0 Å². The van der Waals surface area contributed by atoms with Crippen molar-refractivity contribution in [1.29, 1.82) is 0 Å². The smallest absolute Gasteiger partial charge is 0.240 e. The molecule has 31 heavy (non-hydrogen) atoms. The van der Waals surface area contributed by atoms with Crippen LogP contribution in [-0.2, 0) is 21.2 Å². The van der Waals surface area contributed by atoms with Crippen molar-refractivity contribution in [3.8, 4) is 11.5 Å². The first kappa shape index (κ1) is 22.7. The summed E-state index contributed by atoms with van der Waals surface area (Å²) < 4.78 is 37.1. The molecule has 2 N–H and O–H groups in total. The second kappa shape index (κ2) is 10.3. The van der Waals surface area contributed by atoms with Crippen molar-refractivity contribution in [1.82, 2.24) is 14.9 Å². The number of rotatable bonds is 10. The van der Waals surface area contributed by atoms with Gasteiger partial charge in [-0.15, -0.1) is 10.2 Å². The molecular formula is C20H22N4O5S2. The predicted molar refractivity (Wildman–Crippen MR) is 117 cm³/mol. The monoisotopic (exact) mass is 462 g/mol. The number of anilines is 1. The quantitative estimate of drug-likeness (QED) is 0.475. The van der Waals surface area contributed by atoms with Crippen molar-refractivity contribution < 1.29 is 22.7 Å². The van der Waals surface area contributed by atoms with E-state index in [2.05, 4.69) is 20.2 Å². The molecule has 1 amide bonds. The number of nitrogens with one attached hydrogen (secondary N) is 2. The molecule has 0 bridgehead atoms. The number of sulfonamides is 1. The van der Waals surface area contributed by atoms with Gasteiger partial charge < -0.3 is 14.8 Å². The Bertz CT molecular complexity index is 1110. The van der Waals surface area contributed by atoms with Crippen LogP contribution in [0.1, 0.15) is 17.0 Å². The van der Waals surface area contributed by atoms with Gasteiger partial charge in [-0.3, -0.25) is 4.79 Å². The Kier molecular flexibility index (Phi) is 7.55. The zero-order chi connectivity index (χ0) is 22.3. The summed E-state index contributed by atoms with van der Waals surface area (Å²) in [7, 11) is -0.599. The Morgan fingerprint density at radius 2 is 1.58 bits per heavy atom. The van der Waals surface area contributed by atoms with Crippen LogP contribution >= 0.6 is 11.3 Å². The predicted octanol–water partition coefficient (Wildman–Crippen LogP) is 2.45. The van der Waals surface area contributed by atoms with E-state index in [9.17, 15) is 13.2 Å². The maximum Gasteiger partial charge on any atom is 0.240 e. The number of nitrogens with zero attached hydrogens (tertiary/aromatic N) is 2. The van der Waals surface area contributed by atoms with Crippen LogP contribution in [-0.4, -0.2) is 45.3 Å². The topological polar surface area (TPSA) is 120 Å². The lowest BCUT2D eigenvalue weighted by Crippen LogP contribution is -2.27. The molecule has 1 aromatic heterocycles. The molecule has 1 heterocycles. The largest absolute Gasteiger partial charge is 0.497 e. The molecule has 0 radical (unpaired) electrons. The number of ether oxygens (including phenoxy) is 2. The molecule has 0 aliphatic rings. The lowest BCUT2D eigenvalue weighted by Gasteiger charge is -2.07. The van der Waals surface area contributed by atoms with E-state index in [0.29, 0.717) is 17.3 Å². The van der Waals surface area contributed by atoms with Crippen molar-refractivity contribution in [2.75, 3.05) is 26.1 Å². The summed E-state index contributed by atoms with van der Waals surface area (Å²) in [6.45, 7) is -0.0439. The molecule has 0 atom stereocenters. The van der Waals surface area contributed by atoms with Gasteiger partial charge >= 0.3 is 0 Å². The first-order valence-corrected chi connectivity index (χ1v) is 11.6. The fourth-order valence-electron chi connectivity index (χ4n) is 2.61. The first-order chi connectivity index (χ1) is 14.9. The van der Waals surface area contributed by atoms with Crippen molar-refractivity contribution in [2.45, 2.75) is 17.7 Å². The van der Waals surface area contributed by atoms with E-state index in [1.54, 1.807) is 19.2 Å². The van der Waals surface area contributed by atoms with Crippen molar-refractivity contribution >= 4 is 32.4 Å². The van der Waals surface area contributed by atoms with Gasteiger partial charge in [-0.2, -0.15) is 0 Å². The minimum atomic E-state index is -3.71. The number of hydrogen-bond donors (Lipinski definition) is 2. The van der Waals surface area contributed by atoms with Gasteiger partial charge in [-0.25, -0.2) is 13.1 Å². The van der Waals surface area contributed by atoms with Gasteiger partial charge in [0.05, 0.1) is 19.1 Å². The highest BCUT2D eigenvalue weighted by molar-refractivity contribution is 7.89. The van der Waals surface area contributed by atoms with Crippen molar-refractivity contribution in [3.63, 3.8) is 0 Å². The van der Waals surface area contributed by atoms with E-state index >= 15 is 0 Å². The average Bonchev–Trinajstić information content (AvgIpc) is 3.20. The molecule has 0 saturated carbocycles. The lowest BCUT2D eigenvalue weighted by atomic mass is 10.1. The van der Waals surface area contributed by atoms with E-state index < -0.39 is 10.0 Å². The van der Waals surface area contributed by atoms with E-state index in [1.807, 2.05) is 24.3 Å². The average molecular weight is 463 g/mol. The third kappa shape index (κ3) is 6.48. The minimum absolute atomic E-state index is 0.0389. The van der Waals surface area contributed by atoms with Crippen LogP contribution in [0, 0.1) is 0 Å². The zero-order valence-corrected chi connectivity index (χ0v) is 18.6. The Morgan fingerprint density at radius 3 is 2.19 bits per heavy atom. The molecule has 0 aliphatic carbocycles. The van der Waals surface area contributed by atoms with E-state index in [1.165, 1.54) is 30.6 Å². The van der Waals surface area contributed by atoms with Gasteiger partial charge in [0.1, 0.15) is 16.5 Å². The number of benzene rings is 2. The third-order valence-corrected chi connectivity index (χ3v) is 6.56. The molecule has 0 spiro atoms. The summed E-state index contributed by atoms with van der Waals surface area (Å²) >= 11 is 1.27. The molecule has 3 rings (SSSR count). The van der Waals surface area contributed by atoms with Gasteiger partial charge in [-0.05, 0) is 42.0 Å². The van der Waals surface area contributed by atoms with Crippen LogP contribution in [0.2, 0.25) is 0 Å². The Balaban J connectivity index is 1.47. The summed E-state index contributed by atoms with van der Waals surface area (Å²) in [5, 5.41) is 11.8. The van der Waals surface area contributed by atoms with Gasteiger partial charge in [0.25, 0.3) is 0 Å². The summed E-state index contributed by atoms with van der Waals surface area (Å²) in [5.74, 6) is 0.975. The fraction of sp³-hybridized carbons (Fsp3) is 0.250. The second-order valence-corrected chi connectivity index (χ2v) is 9.23. The molecule has 0 saturated heterocycles. The van der Waals surface area contributed by atoms with Crippen LogP contribution in [0.4, 0.5) is 5.13 Å². The highest BCUT2D eigenvalue weighted by Crippen LogP contribution is 2.20. The molecule has 0 unspecified atom stereocenters. The molecule has 164 valence electrons. The molecule has 11 heteroatoms. The van der Waals surface area contributed by atoms with Gasteiger partial charge in [0.2, 0.25) is 21.1 Å². The SMILES string of the molecule is COc1ccc(Cc2nnc(NC(=O)CCNS(=O)(=O)c3ccc(OC)cc3)s2)cc1. The summed E-state index contributed by atoms with van der Waals surface area (Å²) in [5.41, 5.74) is 1.04. The van der Waals surface area contributed by atoms with Gasteiger partial charge in [-0.1, -0.05) is 23.5 Å². The van der Waals surface area contributed by atoms with Crippen LogP contribution < -0.4 is 19.5 Å². The van der Waals surface area contributed by atoms with E-state index in [4.69, 9.17) is 9.47 Å². The van der Waals surface area contributed by atoms with Crippen LogP contribution in [0.15, 0.2) is 53.4 Å². The molecule has 2 aromatic carbocycles. The van der Waals surface area contributed by atoms with Crippen LogP contribution in [0.5, 0.6) is 11.5 Å². The summed E-state index contributed by atoms with van der Waals surface area (Å²) in [6, 6.07) is 13.6. The van der Waals surface area contributed by atoms with Crippen molar-refractivity contribution in [2.24, 2.45) is 0 Å². The van der Waals surface area contributed by atoms with E-state index in [-0.39, 0.29) is 23.8 Å². The maximum atomic E-state index is 12.3. The molecule has 9 nitrogen and oxygen atoms in total. The normalized spacial score (nSPS) is 11.2.